The second kappa shape index (κ2) is 5.97. The van der Waals surface area contributed by atoms with E-state index >= 15 is 0 Å². The minimum atomic E-state index is -3.89. The molecule has 0 spiro atoms. The van der Waals surface area contributed by atoms with Crippen LogP contribution in [-0.2, 0) is 14.3 Å². The van der Waals surface area contributed by atoms with Crippen molar-refractivity contribution in [2.45, 2.75) is 25.9 Å². The van der Waals surface area contributed by atoms with Gasteiger partial charge in [0.25, 0.3) is 0 Å². The normalized spacial score (nSPS) is 15.9. The first-order valence-corrected chi connectivity index (χ1v) is 4.59. The van der Waals surface area contributed by atoms with Crippen molar-refractivity contribution in [3.63, 3.8) is 0 Å². The molecule has 0 heterocycles. The molecule has 0 amide bonds. The van der Waals surface area contributed by atoms with E-state index < -0.39 is 23.9 Å². The number of methoxy groups -OCH3 is 1. The number of esters is 1. The summed E-state index contributed by atoms with van der Waals surface area (Å²) in [4.78, 5) is 10.8. The van der Waals surface area contributed by atoms with Crippen LogP contribution in [-0.4, -0.2) is 43.4 Å². The summed E-state index contributed by atoms with van der Waals surface area (Å²) in [5.41, 5.74) is 0. The molecule has 0 saturated heterocycles. The molecule has 0 radical (unpaired) electrons. The second-order valence-electron chi connectivity index (χ2n) is 3.22. The van der Waals surface area contributed by atoms with E-state index in [1.807, 2.05) is 0 Å². The third-order valence-electron chi connectivity index (χ3n) is 1.89. The number of carbonyl (C=O) groups is 1. The lowest BCUT2D eigenvalue weighted by Gasteiger charge is -2.25. The van der Waals surface area contributed by atoms with Gasteiger partial charge in [0.2, 0.25) is 0 Å². The van der Waals surface area contributed by atoms with Gasteiger partial charge in [0.1, 0.15) is 6.10 Å². The Hall–Kier alpha value is -0.750. The maximum atomic E-state index is 13.2. The maximum Gasteiger partial charge on any atom is 0.379 e. The molecule has 0 fully saturated rings. The monoisotopic (exact) mass is 226 g/mol. The summed E-state index contributed by atoms with van der Waals surface area (Å²) < 4.78 is 35.2. The first-order chi connectivity index (χ1) is 6.87. The number of aliphatic hydroxyl groups is 1. The number of hydrogen-bond acceptors (Lipinski definition) is 4. The van der Waals surface area contributed by atoms with Crippen LogP contribution >= 0.6 is 0 Å². The number of ether oxygens (including phenoxy) is 2. The van der Waals surface area contributed by atoms with Crippen LogP contribution < -0.4 is 0 Å². The molecule has 0 aliphatic heterocycles. The first-order valence-electron chi connectivity index (χ1n) is 4.59. The van der Waals surface area contributed by atoms with Crippen molar-refractivity contribution in [1.82, 2.24) is 0 Å². The van der Waals surface area contributed by atoms with Gasteiger partial charge in [0.05, 0.1) is 13.2 Å². The summed E-state index contributed by atoms with van der Waals surface area (Å²) >= 11 is 0. The first kappa shape index (κ1) is 14.2. The molecule has 15 heavy (non-hydrogen) atoms. The number of hydrogen-bond donors (Lipinski definition) is 1. The van der Waals surface area contributed by atoms with Crippen LogP contribution in [0, 0.1) is 5.92 Å². The quantitative estimate of drug-likeness (QED) is 0.681. The molecule has 4 nitrogen and oxygen atoms in total. The number of alkyl halides is 2. The van der Waals surface area contributed by atoms with E-state index in [0.29, 0.717) is 0 Å². The van der Waals surface area contributed by atoms with Gasteiger partial charge in [-0.1, -0.05) is 6.92 Å². The van der Waals surface area contributed by atoms with E-state index in [1.54, 1.807) is 0 Å². The average Bonchev–Trinajstić information content (AvgIpc) is 2.17. The summed E-state index contributed by atoms with van der Waals surface area (Å²) in [6.07, 6.45) is -2.10. The molecule has 0 aliphatic rings. The van der Waals surface area contributed by atoms with Crippen molar-refractivity contribution in [2.24, 2.45) is 5.92 Å². The number of carbonyl (C=O) groups excluding carboxylic acids is 1. The molecule has 0 aromatic carbocycles. The van der Waals surface area contributed by atoms with E-state index in [4.69, 9.17) is 0 Å². The lowest BCUT2D eigenvalue weighted by molar-refractivity contribution is -0.194. The predicted molar refractivity (Wildman–Crippen MR) is 48.6 cm³/mol. The van der Waals surface area contributed by atoms with E-state index in [-0.39, 0.29) is 13.2 Å². The highest BCUT2D eigenvalue weighted by atomic mass is 19.3. The fourth-order valence-electron chi connectivity index (χ4n) is 1.06. The highest BCUT2D eigenvalue weighted by Gasteiger charge is 2.50. The van der Waals surface area contributed by atoms with Crippen LogP contribution in [0.4, 0.5) is 8.78 Å². The van der Waals surface area contributed by atoms with Crippen LogP contribution in [0.25, 0.3) is 0 Å². The number of aliphatic hydroxyl groups excluding tert-OH is 1. The van der Waals surface area contributed by atoms with Gasteiger partial charge in [0, 0.05) is 13.0 Å². The highest BCUT2D eigenvalue weighted by Crippen LogP contribution is 2.26. The minimum Gasteiger partial charge on any atom is -0.461 e. The molecule has 1 N–H and O–H groups in total. The molecule has 6 heteroatoms. The largest absolute Gasteiger partial charge is 0.461 e. The highest BCUT2D eigenvalue weighted by molar-refractivity contribution is 5.78. The molecular formula is C9H16F2O4. The molecule has 0 aliphatic carbocycles. The Morgan fingerprint density at radius 3 is 2.47 bits per heavy atom. The Labute approximate surface area is 87.2 Å². The third-order valence-corrected chi connectivity index (χ3v) is 1.89. The lowest BCUT2D eigenvalue weighted by Crippen LogP contribution is -2.47. The van der Waals surface area contributed by atoms with Crippen molar-refractivity contribution in [1.29, 1.82) is 0 Å². The van der Waals surface area contributed by atoms with Gasteiger partial charge in [-0.15, -0.1) is 0 Å². The van der Waals surface area contributed by atoms with E-state index in [9.17, 15) is 18.7 Å². The van der Waals surface area contributed by atoms with Crippen LogP contribution in [0.3, 0.4) is 0 Å². The van der Waals surface area contributed by atoms with Crippen LogP contribution in [0.1, 0.15) is 13.8 Å². The smallest absolute Gasteiger partial charge is 0.379 e. The van der Waals surface area contributed by atoms with Gasteiger partial charge in [-0.2, -0.15) is 8.78 Å². The van der Waals surface area contributed by atoms with Crippen LogP contribution in [0.15, 0.2) is 0 Å². The number of halogens is 2. The standard InChI is InChI=1S/C9H16F2O4/c1-4-15-8(13)9(10,11)7(12)6(2)5-14-3/h6-7,12H,4-5H2,1-3H3. The fraction of sp³-hybridized carbons (Fsp3) is 0.889. The molecular weight excluding hydrogens is 210 g/mol. The van der Waals surface area contributed by atoms with E-state index in [2.05, 4.69) is 9.47 Å². The molecule has 0 rings (SSSR count). The Balaban J connectivity index is 4.48. The van der Waals surface area contributed by atoms with Gasteiger partial charge >= 0.3 is 11.9 Å². The fourth-order valence-corrected chi connectivity index (χ4v) is 1.06. The molecule has 90 valence electrons. The minimum absolute atomic E-state index is 0.0594. The molecule has 0 bridgehead atoms. The van der Waals surface area contributed by atoms with Crippen molar-refractivity contribution >= 4 is 5.97 Å². The van der Waals surface area contributed by atoms with Gasteiger partial charge in [-0.3, -0.25) is 0 Å². The SMILES string of the molecule is CCOC(=O)C(F)(F)C(O)C(C)COC. The van der Waals surface area contributed by atoms with Crippen LogP contribution in [0.2, 0.25) is 0 Å². The van der Waals surface area contributed by atoms with Gasteiger partial charge < -0.3 is 14.6 Å². The Kier molecular flexibility index (Phi) is 5.67. The van der Waals surface area contributed by atoms with E-state index in [0.717, 1.165) is 0 Å². The lowest BCUT2D eigenvalue weighted by atomic mass is 10.00. The maximum absolute atomic E-state index is 13.2. The van der Waals surface area contributed by atoms with Gasteiger partial charge in [-0.25, -0.2) is 4.79 Å². The number of rotatable bonds is 6. The molecule has 0 aromatic heterocycles. The van der Waals surface area contributed by atoms with Gasteiger partial charge in [-0.05, 0) is 6.92 Å². The third kappa shape index (κ3) is 3.71. The summed E-state index contributed by atoms with van der Waals surface area (Å²) in [6.45, 7) is 2.57. The molecule has 2 unspecified atom stereocenters. The Morgan fingerprint density at radius 2 is 2.07 bits per heavy atom. The Morgan fingerprint density at radius 1 is 1.53 bits per heavy atom. The average molecular weight is 226 g/mol. The zero-order valence-electron chi connectivity index (χ0n) is 9.00. The van der Waals surface area contributed by atoms with Crippen molar-refractivity contribution in [3.8, 4) is 0 Å². The van der Waals surface area contributed by atoms with E-state index in [1.165, 1.54) is 21.0 Å². The zero-order valence-corrected chi connectivity index (χ0v) is 9.00. The Bertz CT molecular complexity index is 208. The summed E-state index contributed by atoms with van der Waals surface area (Å²) in [6, 6.07) is 0. The molecule has 2 atom stereocenters. The van der Waals surface area contributed by atoms with Crippen molar-refractivity contribution in [3.05, 3.63) is 0 Å². The molecule has 0 aromatic rings. The summed E-state index contributed by atoms with van der Waals surface area (Å²) in [7, 11) is 1.33. The predicted octanol–water partition coefficient (Wildman–Crippen LogP) is 0.828. The zero-order chi connectivity index (χ0) is 12.1. The summed E-state index contributed by atoms with van der Waals surface area (Å²) in [5, 5.41) is 9.24. The topological polar surface area (TPSA) is 55.8 Å². The summed E-state index contributed by atoms with van der Waals surface area (Å²) in [5.74, 6) is -6.46. The van der Waals surface area contributed by atoms with Crippen molar-refractivity contribution in [2.75, 3.05) is 20.3 Å². The van der Waals surface area contributed by atoms with Gasteiger partial charge in [0.15, 0.2) is 0 Å². The molecule has 0 saturated carbocycles. The second-order valence-corrected chi connectivity index (χ2v) is 3.22. The van der Waals surface area contributed by atoms with Crippen LogP contribution in [0.5, 0.6) is 0 Å². The van der Waals surface area contributed by atoms with Crippen molar-refractivity contribution < 1.29 is 28.2 Å².